The van der Waals surface area contributed by atoms with E-state index in [-0.39, 0.29) is 6.61 Å². The van der Waals surface area contributed by atoms with E-state index in [4.69, 9.17) is 14.2 Å². The fraction of sp³-hybridized carbons (Fsp3) is 0.263. The predicted molar refractivity (Wildman–Crippen MR) is 94.9 cm³/mol. The zero-order valence-electron chi connectivity index (χ0n) is 13.6. The van der Waals surface area contributed by atoms with Crippen LogP contribution in [0.3, 0.4) is 0 Å². The lowest BCUT2D eigenvalue weighted by Crippen LogP contribution is -2.52. The number of esters is 2. The van der Waals surface area contributed by atoms with Gasteiger partial charge in [0.15, 0.2) is 12.2 Å². The summed E-state index contributed by atoms with van der Waals surface area (Å²) in [6.07, 6.45) is -3.65. The van der Waals surface area contributed by atoms with E-state index >= 15 is 0 Å². The van der Waals surface area contributed by atoms with Crippen LogP contribution in [-0.4, -0.2) is 41.9 Å². The Morgan fingerprint density at radius 2 is 1.42 bits per heavy atom. The van der Waals surface area contributed by atoms with Gasteiger partial charge in [0, 0.05) is 0 Å². The molecule has 3 rings (SSSR count). The smallest absolute Gasteiger partial charge is 0.338 e. The predicted octanol–water partition coefficient (Wildman–Crippen LogP) is 3.53. The highest BCUT2D eigenvalue weighted by atomic mass is 79.9. The molecule has 7 heteroatoms. The van der Waals surface area contributed by atoms with E-state index < -0.39 is 35.3 Å². The van der Waals surface area contributed by atoms with Gasteiger partial charge in [-0.1, -0.05) is 52.3 Å². The second-order valence-electron chi connectivity index (χ2n) is 5.67. The van der Waals surface area contributed by atoms with E-state index in [9.17, 15) is 14.0 Å². The molecule has 2 aromatic rings. The Morgan fingerprint density at radius 1 is 0.923 bits per heavy atom. The van der Waals surface area contributed by atoms with Gasteiger partial charge in [-0.05, 0) is 24.3 Å². The van der Waals surface area contributed by atoms with Crippen molar-refractivity contribution in [3.63, 3.8) is 0 Å². The zero-order chi connectivity index (χ0) is 18.5. The molecule has 5 nitrogen and oxygen atoms in total. The molecule has 4 atom stereocenters. The van der Waals surface area contributed by atoms with Gasteiger partial charge in [-0.25, -0.2) is 14.0 Å². The first kappa shape index (κ1) is 18.5. The Kier molecular flexibility index (Phi) is 6.00. The molecule has 1 saturated heterocycles. The van der Waals surface area contributed by atoms with Crippen molar-refractivity contribution in [3.05, 3.63) is 71.8 Å². The molecule has 0 radical (unpaired) electrons. The summed E-state index contributed by atoms with van der Waals surface area (Å²) in [5.74, 6) is -1.23. The van der Waals surface area contributed by atoms with E-state index in [1.54, 1.807) is 60.7 Å². The first-order valence-corrected chi connectivity index (χ1v) is 8.89. The minimum Gasteiger partial charge on any atom is -0.453 e. The van der Waals surface area contributed by atoms with Crippen molar-refractivity contribution in [1.29, 1.82) is 0 Å². The molecule has 1 aliphatic rings. The number of hydrogen-bond donors (Lipinski definition) is 0. The van der Waals surface area contributed by atoms with Crippen LogP contribution in [0, 0.1) is 0 Å². The van der Waals surface area contributed by atoms with Gasteiger partial charge in [-0.15, -0.1) is 0 Å². The summed E-state index contributed by atoms with van der Waals surface area (Å²) in [4.78, 5) is 23.6. The number of carbonyl (C=O) groups excluding carboxylic acids is 2. The lowest BCUT2D eigenvalue weighted by atomic mass is 10.1. The van der Waals surface area contributed by atoms with Crippen molar-refractivity contribution < 1.29 is 28.2 Å². The number of benzene rings is 2. The Labute approximate surface area is 158 Å². The van der Waals surface area contributed by atoms with Crippen molar-refractivity contribution in [1.82, 2.24) is 0 Å². The number of rotatable bonds is 4. The molecule has 2 aromatic carbocycles. The number of halogens is 2. The standard InChI is InChI=1S/C19H16BrFO5/c20-15-16(26-19(23)13-9-5-2-6-10-13)14(11-24-17(15)21)25-18(22)12-7-3-1-4-8-12/h1-10,14-17H,11H2/t14-,15-,16-,17+/m0/s1. The van der Waals surface area contributed by atoms with Gasteiger partial charge in [0.2, 0.25) is 6.36 Å². The summed E-state index contributed by atoms with van der Waals surface area (Å²) in [6, 6.07) is 16.7. The molecule has 0 N–H and O–H groups in total. The molecule has 0 bridgehead atoms. The van der Waals surface area contributed by atoms with Crippen LogP contribution in [0.4, 0.5) is 4.39 Å². The summed E-state index contributed by atoms with van der Waals surface area (Å²) >= 11 is 3.14. The molecule has 26 heavy (non-hydrogen) atoms. The molecule has 0 amide bonds. The molecule has 0 spiro atoms. The summed E-state index contributed by atoms with van der Waals surface area (Å²) in [7, 11) is 0. The van der Waals surface area contributed by atoms with Crippen LogP contribution in [0.15, 0.2) is 60.7 Å². The Bertz CT molecular complexity index is 755. The van der Waals surface area contributed by atoms with Crippen LogP contribution in [0.25, 0.3) is 0 Å². The van der Waals surface area contributed by atoms with Crippen LogP contribution < -0.4 is 0 Å². The molecule has 0 saturated carbocycles. The van der Waals surface area contributed by atoms with Gasteiger partial charge < -0.3 is 14.2 Å². The average molecular weight is 423 g/mol. The molecule has 0 unspecified atom stereocenters. The Balaban J connectivity index is 1.74. The second-order valence-corrected chi connectivity index (χ2v) is 6.73. The quantitative estimate of drug-likeness (QED) is 0.557. The van der Waals surface area contributed by atoms with Crippen LogP contribution in [0.1, 0.15) is 20.7 Å². The summed E-state index contributed by atoms with van der Waals surface area (Å²) in [5, 5.41) is 0. The highest BCUT2D eigenvalue weighted by molar-refractivity contribution is 9.09. The van der Waals surface area contributed by atoms with E-state index in [2.05, 4.69) is 15.9 Å². The maximum absolute atomic E-state index is 13.9. The van der Waals surface area contributed by atoms with Crippen molar-refractivity contribution >= 4 is 27.9 Å². The second kappa shape index (κ2) is 8.42. The third-order valence-corrected chi connectivity index (χ3v) is 4.81. The first-order chi connectivity index (χ1) is 12.6. The lowest BCUT2D eigenvalue weighted by Gasteiger charge is -2.36. The van der Waals surface area contributed by atoms with Gasteiger partial charge >= 0.3 is 11.9 Å². The van der Waals surface area contributed by atoms with E-state index in [0.717, 1.165) is 0 Å². The SMILES string of the molecule is O=C(O[C@@H]1[C@H](Br)[C@H](F)OC[C@@H]1OC(=O)c1ccccc1)c1ccccc1. The minimum absolute atomic E-state index is 0.214. The average Bonchev–Trinajstić information content (AvgIpc) is 2.68. The minimum atomic E-state index is -1.68. The fourth-order valence-corrected chi connectivity index (χ4v) is 3.12. The third kappa shape index (κ3) is 4.28. The van der Waals surface area contributed by atoms with Gasteiger partial charge in [-0.3, -0.25) is 0 Å². The number of carbonyl (C=O) groups is 2. The van der Waals surface area contributed by atoms with Gasteiger partial charge in [0.05, 0.1) is 17.7 Å². The molecule has 1 aliphatic heterocycles. The molecule has 1 fully saturated rings. The Hall–Kier alpha value is -2.25. The van der Waals surface area contributed by atoms with Gasteiger partial charge in [0.1, 0.15) is 4.83 Å². The van der Waals surface area contributed by atoms with Crippen LogP contribution in [0.5, 0.6) is 0 Å². The lowest BCUT2D eigenvalue weighted by molar-refractivity contribution is -0.159. The van der Waals surface area contributed by atoms with Crippen molar-refractivity contribution in [2.24, 2.45) is 0 Å². The zero-order valence-corrected chi connectivity index (χ0v) is 15.2. The summed E-state index contributed by atoms with van der Waals surface area (Å²) in [6.45, 7) is -0.214. The molecule has 0 aromatic heterocycles. The van der Waals surface area contributed by atoms with E-state index in [1.807, 2.05) is 0 Å². The molecular formula is C19H16BrFO5. The van der Waals surface area contributed by atoms with Gasteiger partial charge in [0.25, 0.3) is 0 Å². The van der Waals surface area contributed by atoms with Crippen LogP contribution in [0.2, 0.25) is 0 Å². The summed E-state index contributed by atoms with van der Waals surface area (Å²) < 4.78 is 29.7. The molecular weight excluding hydrogens is 407 g/mol. The van der Waals surface area contributed by atoms with Crippen LogP contribution in [-0.2, 0) is 14.2 Å². The van der Waals surface area contributed by atoms with E-state index in [1.165, 1.54) is 0 Å². The highest BCUT2D eigenvalue weighted by Crippen LogP contribution is 2.28. The van der Waals surface area contributed by atoms with Gasteiger partial charge in [-0.2, -0.15) is 0 Å². The maximum atomic E-state index is 13.9. The normalized spacial score (nSPS) is 25.3. The van der Waals surface area contributed by atoms with Crippen LogP contribution >= 0.6 is 15.9 Å². The first-order valence-electron chi connectivity index (χ1n) is 7.98. The maximum Gasteiger partial charge on any atom is 0.338 e. The summed E-state index contributed by atoms with van der Waals surface area (Å²) in [5.41, 5.74) is 0.663. The van der Waals surface area contributed by atoms with Crippen molar-refractivity contribution in [3.8, 4) is 0 Å². The monoisotopic (exact) mass is 422 g/mol. The molecule has 0 aliphatic carbocycles. The van der Waals surface area contributed by atoms with Crippen molar-refractivity contribution in [2.45, 2.75) is 23.4 Å². The molecule has 136 valence electrons. The number of alkyl halides is 2. The van der Waals surface area contributed by atoms with Crippen molar-refractivity contribution in [2.75, 3.05) is 6.61 Å². The van der Waals surface area contributed by atoms with E-state index in [0.29, 0.717) is 11.1 Å². The molecule has 1 heterocycles. The fourth-order valence-electron chi connectivity index (χ4n) is 2.52. The number of hydrogen-bond acceptors (Lipinski definition) is 5. The third-order valence-electron chi connectivity index (χ3n) is 3.87. The highest BCUT2D eigenvalue weighted by Gasteiger charge is 2.44. The largest absolute Gasteiger partial charge is 0.453 e. The Morgan fingerprint density at radius 3 is 1.96 bits per heavy atom. The topological polar surface area (TPSA) is 61.8 Å². The number of ether oxygens (including phenoxy) is 3.